The quantitative estimate of drug-likeness (QED) is 0.805. The minimum absolute atomic E-state index is 0.167. The molecule has 0 aliphatic carbocycles. The molecule has 2 nitrogen and oxygen atoms in total. The van der Waals surface area contributed by atoms with Gasteiger partial charge < -0.3 is 10.1 Å². The monoisotopic (exact) mass is 227 g/mol. The van der Waals surface area contributed by atoms with Gasteiger partial charge in [-0.2, -0.15) is 0 Å². The summed E-state index contributed by atoms with van der Waals surface area (Å²) >= 11 is 1.78. The highest BCUT2D eigenvalue weighted by molar-refractivity contribution is 7.10. The van der Waals surface area contributed by atoms with Crippen molar-refractivity contribution in [2.24, 2.45) is 0 Å². The molecule has 0 aromatic carbocycles. The molecule has 0 aliphatic heterocycles. The zero-order chi connectivity index (χ0) is 11.3. The van der Waals surface area contributed by atoms with Crippen molar-refractivity contribution in [2.45, 2.75) is 38.8 Å². The zero-order valence-corrected chi connectivity index (χ0v) is 10.9. The molecule has 0 saturated heterocycles. The third-order valence-corrected chi connectivity index (χ3v) is 3.58. The standard InChI is InChI=1S/C12H21NOS/c1-5-8-13-11(12(2,3)14-4)10-7-6-9-15-10/h6-7,9,11,13H,5,8H2,1-4H3. The van der Waals surface area contributed by atoms with Crippen molar-refractivity contribution in [1.82, 2.24) is 5.32 Å². The molecule has 1 aromatic heterocycles. The van der Waals surface area contributed by atoms with E-state index in [0.29, 0.717) is 0 Å². The Labute approximate surface area is 96.7 Å². The summed E-state index contributed by atoms with van der Waals surface area (Å²) in [6.07, 6.45) is 1.14. The highest BCUT2D eigenvalue weighted by Gasteiger charge is 2.30. The van der Waals surface area contributed by atoms with Crippen molar-refractivity contribution >= 4 is 11.3 Å². The molecule has 3 heteroatoms. The first-order valence-electron chi connectivity index (χ1n) is 5.43. The largest absolute Gasteiger partial charge is 0.377 e. The molecule has 0 aliphatic rings. The van der Waals surface area contributed by atoms with Crippen LogP contribution in [0.25, 0.3) is 0 Å². The maximum Gasteiger partial charge on any atom is 0.0824 e. The first-order valence-corrected chi connectivity index (χ1v) is 6.31. The lowest BCUT2D eigenvalue weighted by molar-refractivity contribution is -0.0100. The van der Waals surface area contributed by atoms with Crippen LogP contribution < -0.4 is 5.32 Å². The Kier molecular flexibility index (Phi) is 4.77. The van der Waals surface area contributed by atoms with Gasteiger partial charge in [0.15, 0.2) is 0 Å². The molecule has 86 valence electrons. The molecule has 0 bridgehead atoms. The van der Waals surface area contributed by atoms with Crippen molar-refractivity contribution in [3.63, 3.8) is 0 Å². The van der Waals surface area contributed by atoms with E-state index in [2.05, 4.69) is 43.6 Å². The van der Waals surface area contributed by atoms with Crippen LogP contribution in [0.15, 0.2) is 17.5 Å². The van der Waals surface area contributed by atoms with Gasteiger partial charge in [0.25, 0.3) is 0 Å². The summed E-state index contributed by atoms with van der Waals surface area (Å²) in [7, 11) is 1.77. The summed E-state index contributed by atoms with van der Waals surface area (Å²) < 4.78 is 5.56. The van der Waals surface area contributed by atoms with Crippen LogP contribution >= 0.6 is 11.3 Å². The predicted molar refractivity (Wildman–Crippen MR) is 66.4 cm³/mol. The van der Waals surface area contributed by atoms with Crippen molar-refractivity contribution < 1.29 is 4.74 Å². The summed E-state index contributed by atoms with van der Waals surface area (Å²) in [4.78, 5) is 1.34. The summed E-state index contributed by atoms with van der Waals surface area (Å²) in [6, 6.07) is 4.54. The van der Waals surface area contributed by atoms with Crippen LogP contribution in [0, 0.1) is 0 Å². The van der Waals surface area contributed by atoms with Gasteiger partial charge >= 0.3 is 0 Å². The maximum absolute atomic E-state index is 5.56. The summed E-state index contributed by atoms with van der Waals surface area (Å²) in [5, 5.41) is 5.66. The van der Waals surface area contributed by atoms with E-state index in [1.54, 1.807) is 18.4 Å². The molecule has 1 atom stereocenters. The number of ether oxygens (including phenoxy) is 1. The van der Waals surface area contributed by atoms with E-state index in [0.717, 1.165) is 13.0 Å². The Balaban J connectivity index is 2.78. The summed E-state index contributed by atoms with van der Waals surface area (Å²) in [5.41, 5.74) is -0.167. The minimum atomic E-state index is -0.167. The number of thiophene rings is 1. The fraction of sp³-hybridized carbons (Fsp3) is 0.667. The molecular weight excluding hydrogens is 206 g/mol. The maximum atomic E-state index is 5.56. The van der Waals surface area contributed by atoms with E-state index in [9.17, 15) is 0 Å². The molecule has 1 aromatic rings. The predicted octanol–water partition coefficient (Wildman–Crippen LogP) is 3.21. The van der Waals surface area contributed by atoms with Crippen molar-refractivity contribution in [2.75, 3.05) is 13.7 Å². The van der Waals surface area contributed by atoms with E-state index >= 15 is 0 Å². The topological polar surface area (TPSA) is 21.3 Å². The zero-order valence-electron chi connectivity index (χ0n) is 10.0. The first kappa shape index (κ1) is 12.7. The van der Waals surface area contributed by atoms with Gasteiger partial charge in [0.05, 0.1) is 11.6 Å². The first-order chi connectivity index (χ1) is 7.11. The van der Waals surface area contributed by atoms with E-state index < -0.39 is 0 Å². The van der Waals surface area contributed by atoms with E-state index in [-0.39, 0.29) is 11.6 Å². The van der Waals surface area contributed by atoms with Gasteiger partial charge in [0, 0.05) is 12.0 Å². The molecule has 1 unspecified atom stereocenters. The Morgan fingerprint density at radius 1 is 1.53 bits per heavy atom. The second-order valence-corrected chi connectivity index (χ2v) is 5.19. The molecular formula is C12H21NOS. The number of methoxy groups -OCH3 is 1. The lowest BCUT2D eigenvalue weighted by atomic mass is 9.97. The fourth-order valence-electron chi connectivity index (χ4n) is 1.55. The second kappa shape index (κ2) is 5.64. The SMILES string of the molecule is CCCNC(c1cccs1)C(C)(C)OC. The molecule has 0 spiro atoms. The van der Waals surface area contributed by atoms with Crippen LogP contribution in [-0.4, -0.2) is 19.3 Å². The normalized spacial score (nSPS) is 14.1. The van der Waals surface area contributed by atoms with Crippen LogP contribution in [0.5, 0.6) is 0 Å². The van der Waals surface area contributed by atoms with Crippen LogP contribution in [-0.2, 0) is 4.74 Å². The lowest BCUT2D eigenvalue weighted by Crippen LogP contribution is -2.40. The molecule has 0 radical (unpaired) electrons. The molecule has 0 amide bonds. The van der Waals surface area contributed by atoms with Gasteiger partial charge in [-0.1, -0.05) is 13.0 Å². The highest BCUT2D eigenvalue weighted by atomic mass is 32.1. The van der Waals surface area contributed by atoms with Gasteiger partial charge in [-0.15, -0.1) is 11.3 Å². The van der Waals surface area contributed by atoms with Crippen molar-refractivity contribution in [1.29, 1.82) is 0 Å². The summed E-state index contributed by atoms with van der Waals surface area (Å²) in [5.74, 6) is 0. The Bertz CT molecular complexity index is 269. The molecule has 15 heavy (non-hydrogen) atoms. The van der Waals surface area contributed by atoms with Gasteiger partial charge in [0.1, 0.15) is 0 Å². The van der Waals surface area contributed by atoms with Crippen molar-refractivity contribution in [3.8, 4) is 0 Å². The van der Waals surface area contributed by atoms with E-state index in [1.165, 1.54) is 4.88 Å². The smallest absolute Gasteiger partial charge is 0.0824 e. The fourth-order valence-corrected chi connectivity index (χ4v) is 2.53. The van der Waals surface area contributed by atoms with Gasteiger partial charge in [-0.05, 0) is 38.3 Å². The molecule has 0 fully saturated rings. The Hall–Kier alpha value is -0.380. The molecule has 1 rings (SSSR count). The highest BCUT2D eigenvalue weighted by Crippen LogP contribution is 2.31. The molecule has 0 saturated carbocycles. The lowest BCUT2D eigenvalue weighted by Gasteiger charge is -2.33. The Morgan fingerprint density at radius 3 is 2.73 bits per heavy atom. The van der Waals surface area contributed by atoms with Crippen LogP contribution in [0.3, 0.4) is 0 Å². The minimum Gasteiger partial charge on any atom is -0.377 e. The summed E-state index contributed by atoms with van der Waals surface area (Å²) in [6.45, 7) is 7.45. The van der Waals surface area contributed by atoms with Gasteiger partial charge in [-0.3, -0.25) is 0 Å². The van der Waals surface area contributed by atoms with Crippen LogP contribution in [0.2, 0.25) is 0 Å². The van der Waals surface area contributed by atoms with Crippen molar-refractivity contribution in [3.05, 3.63) is 22.4 Å². The van der Waals surface area contributed by atoms with E-state index in [1.807, 2.05) is 0 Å². The number of nitrogens with one attached hydrogen (secondary N) is 1. The number of rotatable bonds is 6. The number of hydrogen-bond donors (Lipinski definition) is 1. The van der Waals surface area contributed by atoms with Gasteiger partial charge in [0.2, 0.25) is 0 Å². The second-order valence-electron chi connectivity index (χ2n) is 4.21. The van der Waals surface area contributed by atoms with Crippen LogP contribution in [0.1, 0.15) is 38.1 Å². The molecule has 1 N–H and O–H groups in total. The Morgan fingerprint density at radius 2 is 2.27 bits per heavy atom. The number of hydrogen-bond acceptors (Lipinski definition) is 3. The third-order valence-electron chi connectivity index (χ3n) is 2.65. The van der Waals surface area contributed by atoms with Crippen LogP contribution in [0.4, 0.5) is 0 Å². The molecule has 1 heterocycles. The van der Waals surface area contributed by atoms with Gasteiger partial charge in [-0.25, -0.2) is 0 Å². The average molecular weight is 227 g/mol. The van der Waals surface area contributed by atoms with E-state index in [4.69, 9.17) is 4.74 Å². The third kappa shape index (κ3) is 3.30. The average Bonchev–Trinajstić information content (AvgIpc) is 2.71.